The van der Waals surface area contributed by atoms with Gasteiger partial charge in [-0.3, -0.25) is 10.1 Å². The number of carbonyl (C=O) groups excluding carboxylic acids is 3. The van der Waals surface area contributed by atoms with Crippen LogP contribution in [0.15, 0.2) is 24.5 Å². The van der Waals surface area contributed by atoms with Crippen LogP contribution >= 0.6 is 11.3 Å². The minimum atomic E-state index is -1.10. The third-order valence-electron chi connectivity index (χ3n) is 3.72. The molecule has 0 radical (unpaired) electrons. The zero-order valence-corrected chi connectivity index (χ0v) is 16.3. The summed E-state index contributed by atoms with van der Waals surface area (Å²) >= 11 is 1.48. The van der Waals surface area contributed by atoms with Crippen molar-refractivity contribution in [3.8, 4) is 5.00 Å². The molecule has 0 bridgehead atoms. The predicted molar refractivity (Wildman–Crippen MR) is 99.8 cm³/mol. The van der Waals surface area contributed by atoms with Gasteiger partial charge in [-0.1, -0.05) is 0 Å². The Bertz CT molecular complexity index is 809. The van der Waals surface area contributed by atoms with E-state index < -0.39 is 24.0 Å². The summed E-state index contributed by atoms with van der Waals surface area (Å²) in [4.78, 5) is 37.3. The van der Waals surface area contributed by atoms with Crippen molar-refractivity contribution in [3.05, 3.63) is 40.5 Å². The van der Waals surface area contributed by atoms with Crippen LogP contribution in [0.4, 0.5) is 4.79 Å². The molecular weight excluding hydrogens is 354 g/mol. The molecule has 2 aromatic heterocycles. The second-order valence-corrected chi connectivity index (χ2v) is 7.42. The second kappa shape index (κ2) is 8.18. The van der Waals surface area contributed by atoms with Crippen LogP contribution in [0.5, 0.6) is 0 Å². The van der Waals surface area contributed by atoms with Crippen LogP contribution in [-0.4, -0.2) is 34.6 Å². The number of thiophene rings is 1. The van der Waals surface area contributed by atoms with Crippen LogP contribution in [0.25, 0.3) is 5.00 Å². The molecule has 0 aliphatic heterocycles. The summed E-state index contributed by atoms with van der Waals surface area (Å²) < 4.78 is 7.13. The zero-order valence-electron chi connectivity index (χ0n) is 15.5. The van der Waals surface area contributed by atoms with E-state index >= 15 is 0 Å². The number of amides is 3. The summed E-state index contributed by atoms with van der Waals surface area (Å²) in [6, 6.07) is 3.00. The molecule has 2 rings (SSSR count). The maximum absolute atomic E-state index is 12.7. The molecule has 0 aliphatic rings. The van der Waals surface area contributed by atoms with Gasteiger partial charge >= 0.3 is 12.0 Å². The van der Waals surface area contributed by atoms with Crippen LogP contribution in [0.2, 0.25) is 0 Å². The van der Waals surface area contributed by atoms with Crippen LogP contribution in [0, 0.1) is 13.8 Å². The smallest absolute Gasteiger partial charge is 0.342 e. The standard InChI is InChI=1S/C18H23N3O4S/c1-10(2)19-18(24)20-15(22)12(4)25-17(23)14-11(3)13(5)26-16(14)21-8-6-7-9-21/h6-10,12H,1-5H3,(H2,19,20,22,24)/t12-/m0/s1. The second-order valence-electron chi connectivity index (χ2n) is 6.22. The quantitative estimate of drug-likeness (QED) is 0.784. The van der Waals surface area contributed by atoms with Gasteiger partial charge < -0.3 is 14.6 Å². The van der Waals surface area contributed by atoms with Gasteiger partial charge in [0.05, 0.1) is 5.56 Å². The van der Waals surface area contributed by atoms with Gasteiger partial charge in [0.15, 0.2) is 6.10 Å². The molecule has 2 heterocycles. The number of hydrogen-bond acceptors (Lipinski definition) is 5. The first-order chi connectivity index (χ1) is 12.2. The largest absolute Gasteiger partial charge is 0.449 e. The van der Waals surface area contributed by atoms with Gasteiger partial charge in [-0.2, -0.15) is 0 Å². The Morgan fingerprint density at radius 2 is 1.73 bits per heavy atom. The topological polar surface area (TPSA) is 89.4 Å². The Hall–Kier alpha value is -2.61. The Morgan fingerprint density at radius 1 is 1.12 bits per heavy atom. The number of nitrogens with one attached hydrogen (secondary N) is 2. The lowest BCUT2D eigenvalue weighted by Gasteiger charge is -2.15. The highest BCUT2D eigenvalue weighted by Crippen LogP contribution is 2.31. The molecule has 140 valence electrons. The summed E-state index contributed by atoms with van der Waals surface area (Å²) in [5.41, 5.74) is 1.24. The van der Waals surface area contributed by atoms with Gasteiger partial charge in [0.25, 0.3) is 5.91 Å². The normalized spacial score (nSPS) is 11.9. The van der Waals surface area contributed by atoms with Gasteiger partial charge in [0.1, 0.15) is 5.00 Å². The molecule has 0 aliphatic carbocycles. The third-order valence-corrected chi connectivity index (χ3v) is 4.94. The number of aryl methyl sites for hydroxylation is 1. The maximum Gasteiger partial charge on any atom is 0.342 e. The van der Waals surface area contributed by atoms with Crippen molar-refractivity contribution in [2.45, 2.75) is 46.8 Å². The first kappa shape index (κ1) is 19.7. The number of rotatable bonds is 5. The average Bonchev–Trinajstić information content (AvgIpc) is 3.15. The third kappa shape index (κ3) is 4.51. The Balaban J connectivity index is 2.13. The Kier molecular flexibility index (Phi) is 6.20. The molecule has 1 atom stereocenters. The highest BCUT2D eigenvalue weighted by atomic mass is 32.1. The summed E-state index contributed by atoms with van der Waals surface area (Å²) in [6.45, 7) is 8.75. The molecule has 26 heavy (non-hydrogen) atoms. The van der Waals surface area contributed by atoms with Crippen molar-refractivity contribution in [2.24, 2.45) is 0 Å². The molecule has 0 aromatic carbocycles. The van der Waals surface area contributed by atoms with Gasteiger partial charge in [0.2, 0.25) is 0 Å². The van der Waals surface area contributed by atoms with Gasteiger partial charge in [-0.25, -0.2) is 9.59 Å². The number of urea groups is 1. The average molecular weight is 377 g/mol. The van der Waals surface area contributed by atoms with E-state index in [0.29, 0.717) is 5.56 Å². The van der Waals surface area contributed by atoms with Crippen molar-refractivity contribution < 1.29 is 19.1 Å². The predicted octanol–water partition coefficient (Wildman–Crippen LogP) is 2.94. The molecule has 0 spiro atoms. The fourth-order valence-electron chi connectivity index (χ4n) is 2.29. The van der Waals surface area contributed by atoms with Crippen molar-refractivity contribution in [1.82, 2.24) is 15.2 Å². The first-order valence-corrected chi connectivity index (χ1v) is 9.08. The van der Waals surface area contributed by atoms with E-state index in [9.17, 15) is 14.4 Å². The molecule has 2 N–H and O–H groups in total. The summed E-state index contributed by atoms with van der Waals surface area (Å²) in [5.74, 6) is -1.27. The van der Waals surface area contributed by atoms with Crippen LogP contribution in [0.1, 0.15) is 41.6 Å². The SMILES string of the molecule is Cc1sc(-n2cccc2)c(C(=O)O[C@@H](C)C(=O)NC(=O)NC(C)C)c1C. The molecule has 0 saturated heterocycles. The zero-order chi connectivity index (χ0) is 19.4. The van der Waals surface area contributed by atoms with E-state index in [0.717, 1.165) is 15.4 Å². The number of hydrogen-bond donors (Lipinski definition) is 2. The van der Waals surface area contributed by atoms with Crippen molar-refractivity contribution >= 4 is 29.2 Å². The fraction of sp³-hybridized carbons (Fsp3) is 0.389. The summed E-state index contributed by atoms with van der Waals surface area (Å²) in [7, 11) is 0. The van der Waals surface area contributed by atoms with Gasteiger partial charge in [-0.15, -0.1) is 11.3 Å². The molecular formula is C18H23N3O4S. The molecule has 0 fully saturated rings. The monoisotopic (exact) mass is 377 g/mol. The molecule has 3 amide bonds. The number of nitrogens with zero attached hydrogens (tertiary/aromatic N) is 1. The van der Waals surface area contributed by atoms with E-state index in [-0.39, 0.29) is 6.04 Å². The molecule has 0 unspecified atom stereocenters. The number of ether oxygens (including phenoxy) is 1. The number of aromatic nitrogens is 1. The maximum atomic E-state index is 12.7. The van der Waals surface area contributed by atoms with Gasteiger partial charge in [0, 0.05) is 23.3 Å². The summed E-state index contributed by atoms with van der Waals surface area (Å²) in [6.07, 6.45) is 2.58. The molecule has 8 heteroatoms. The minimum Gasteiger partial charge on any atom is -0.449 e. The fourth-order valence-corrected chi connectivity index (χ4v) is 3.40. The Labute approximate surface area is 156 Å². The lowest BCUT2D eigenvalue weighted by Crippen LogP contribution is -2.46. The van der Waals surface area contributed by atoms with E-state index in [4.69, 9.17) is 4.74 Å². The van der Waals surface area contributed by atoms with Crippen molar-refractivity contribution in [2.75, 3.05) is 0 Å². The number of imide groups is 1. The molecule has 2 aromatic rings. The lowest BCUT2D eigenvalue weighted by atomic mass is 10.1. The van der Waals surface area contributed by atoms with Crippen molar-refractivity contribution in [1.29, 1.82) is 0 Å². The van der Waals surface area contributed by atoms with Crippen molar-refractivity contribution in [3.63, 3.8) is 0 Å². The van der Waals surface area contributed by atoms with Crippen LogP contribution < -0.4 is 10.6 Å². The highest BCUT2D eigenvalue weighted by molar-refractivity contribution is 7.15. The van der Waals surface area contributed by atoms with E-state index in [1.165, 1.54) is 18.3 Å². The number of esters is 1. The first-order valence-electron chi connectivity index (χ1n) is 8.26. The van der Waals surface area contributed by atoms with Crippen LogP contribution in [0.3, 0.4) is 0 Å². The number of carbonyl (C=O) groups is 3. The van der Waals surface area contributed by atoms with E-state index in [1.807, 2.05) is 42.9 Å². The van der Waals surface area contributed by atoms with E-state index in [2.05, 4.69) is 10.6 Å². The molecule has 7 nitrogen and oxygen atoms in total. The lowest BCUT2D eigenvalue weighted by molar-refractivity contribution is -0.127. The van der Waals surface area contributed by atoms with Gasteiger partial charge in [-0.05, 0) is 52.3 Å². The van der Waals surface area contributed by atoms with Crippen LogP contribution in [-0.2, 0) is 9.53 Å². The minimum absolute atomic E-state index is 0.110. The summed E-state index contributed by atoms with van der Waals surface area (Å²) in [5, 5.41) is 5.44. The Morgan fingerprint density at radius 3 is 2.31 bits per heavy atom. The highest BCUT2D eigenvalue weighted by Gasteiger charge is 2.26. The van der Waals surface area contributed by atoms with E-state index in [1.54, 1.807) is 13.8 Å². The molecule has 0 saturated carbocycles.